The average Bonchev–Trinajstić information content (AvgIpc) is 3.16. The average molecular weight is 442 g/mol. The van der Waals surface area contributed by atoms with Crippen LogP contribution in [0.25, 0.3) is 22.0 Å². The van der Waals surface area contributed by atoms with Crippen molar-refractivity contribution < 1.29 is 4.79 Å². The number of fused-ring (bicyclic) bond motifs is 4. The number of rotatable bonds is 3. The first kappa shape index (κ1) is 20.7. The fraction of sp³-hybridized carbons (Fsp3) is 0.318. The number of nitrogens with one attached hydrogen (secondary N) is 2. The normalized spacial score (nSPS) is 22.3. The van der Waals surface area contributed by atoms with Gasteiger partial charge in [0.05, 0.1) is 23.1 Å². The summed E-state index contributed by atoms with van der Waals surface area (Å²) in [5, 5.41) is 20.9. The van der Waals surface area contributed by atoms with Gasteiger partial charge in [-0.3, -0.25) is 9.89 Å². The molecule has 1 unspecified atom stereocenters. The number of benzene rings is 2. The largest absolute Gasteiger partial charge is 0.308 e. The lowest BCUT2D eigenvalue weighted by Crippen LogP contribution is -2.51. The lowest BCUT2D eigenvalue weighted by molar-refractivity contribution is -0.125. The van der Waals surface area contributed by atoms with E-state index < -0.39 is 0 Å². The van der Waals surface area contributed by atoms with E-state index in [1.54, 1.807) is 18.2 Å². The molecule has 30 heavy (non-hydrogen) atoms. The van der Waals surface area contributed by atoms with Gasteiger partial charge in [-0.15, -0.1) is 12.4 Å². The van der Waals surface area contributed by atoms with E-state index in [0.717, 1.165) is 54.5 Å². The lowest BCUT2D eigenvalue weighted by atomic mass is 9.78. The van der Waals surface area contributed by atoms with Gasteiger partial charge in [-0.1, -0.05) is 17.7 Å². The number of hydrogen-bond acceptors (Lipinski definition) is 4. The molecule has 0 aliphatic carbocycles. The van der Waals surface area contributed by atoms with E-state index >= 15 is 0 Å². The van der Waals surface area contributed by atoms with Gasteiger partial charge in [0.15, 0.2) is 5.82 Å². The van der Waals surface area contributed by atoms with Gasteiger partial charge in [0.2, 0.25) is 5.91 Å². The molecular weight excluding hydrogens is 421 g/mol. The van der Waals surface area contributed by atoms with Crippen molar-refractivity contribution in [2.75, 3.05) is 25.0 Å². The van der Waals surface area contributed by atoms with Gasteiger partial charge in [0.25, 0.3) is 0 Å². The molecule has 8 heteroatoms. The van der Waals surface area contributed by atoms with Crippen LogP contribution in [0.5, 0.6) is 0 Å². The Morgan fingerprint density at radius 3 is 2.73 bits per heavy atom. The molecule has 2 N–H and O–H groups in total. The summed E-state index contributed by atoms with van der Waals surface area (Å²) in [6.07, 6.45) is 2.19. The first-order valence-electron chi connectivity index (χ1n) is 9.84. The predicted octanol–water partition coefficient (Wildman–Crippen LogP) is 4.46. The van der Waals surface area contributed by atoms with Crippen LogP contribution in [-0.4, -0.2) is 40.6 Å². The molecule has 3 saturated heterocycles. The van der Waals surface area contributed by atoms with Crippen molar-refractivity contribution in [1.29, 1.82) is 5.26 Å². The Bertz CT molecular complexity index is 1140. The summed E-state index contributed by atoms with van der Waals surface area (Å²) in [4.78, 5) is 15.3. The highest BCUT2D eigenvalue weighted by molar-refractivity contribution is 6.33. The third-order valence-corrected chi connectivity index (χ3v) is 6.53. The summed E-state index contributed by atoms with van der Waals surface area (Å²) < 4.78 is 0. The van der Waals surface area contributed by atoms with Crippen LogP contribution in [-0.2, 0) is 4.79 Å². The summed E-state index contributed by atoms with van der Waals surface area (Å²) in [6.45, 7) is 3.04. The Morgan fingerprint density at radius 2 is 2.03 bits per heavy atom. The molecule has 3 fully saturated rings. The minimum Gasteiger partial charge on any atom is -0.308 e. The Morgan fingerprint density at radius 1 is 1.23 bits per heavy atom. The van der Waals surface area contributed by atoms with Crippen LogP contribution in [0.1, 0.15) is 18.4 Å². The number of amides is 1. The van der Waals surface area contributed by atoms with Crippen LogP contribution >= 0.6 is 24.0 Å². The molecule has 3 aliphatic heterocycles. The highest BCUT2D eigenvalue weighted by atomic mass is 35.5. The number of carbonyl (C=O) groups excluding carboxylic acids is 1. The van der Waals surface area contributed by atoms with Gasteiger partial charge in [0.1, 0.15) is 0 Å². The number of hydrogen-bond donors (Lipinski definition) is 2. The molecule has 0 saturated carbocycles. The number of aromatic nitrogens is 2. The third-order valence-electron chi connectivity index (χ3n) is 6.20. The minimum absolute atomic E-state index is 0. The molecule has 3 aromatic rings. The summed E-state index contributed by atoms with van der Waals surface area (Å²) >= 11 is 6.37. The number of H-pyrrole nitrogens is 1. The number of nitrogens with zero attached hydrogens (tertiary/aromatic N) is 3. The van der Waals surface area contributed by atoms with Gasteiger partial charge in [-0.2, -0.15) is 10.4 Å². The van der Waals surface area contributed by atoms with Crippen LogP contribution in [0.4, 0.5) is 5.82 Å². The Hall–Kier alpha value is -2.59. The summed E-state index contributed by atoms with van der Waals surface area (Å²) in [5.74, 6) is 1.07. The SMILES string of the molecule is Cl.N#Cc1ccc(Cl)c(-c2ccc3[nH]nc(NC(=O)C4CN5CCC4CC5)c3c2)c1. The number of piperidine rings is 3. The molecule has 2 bridgehead atoms. The minimum atomic E-state index is 0. The zero-order chi connectivity index (χ0) is 20.0. The van der Waals surface area contributed by atoms with Gasteiger partial charge >= 0.3 is 0 Å². The van der Waals surface area contributed by atoms with Crippen molar-refractivity contribution >= 4 is 46.6 Å². The van der Waals surface area contributed by atoms with E-state index in [2.05, 4.69) is 26.5 Å². The topological polar surface area (TPSA) is 84.8 Å². The second-order valence-corrected chi connectivity index (χ2v) is 8.28. The van der Waals surface area contributed by atoms with E-state index in [-0.39, 0.29) is 24.2 Å². The molecule has 3 aliphatic rings. The summed E-state index contributed by atoms with van der Waals surface area (Å²) in [7, 11) is 0. The van der Waals surface area contributed by atoms with Gasteiger partial charge in [-0.25, -0.2) is 0 Å². The van der Waals surface area contributed by atoms with Crippen molar-refractivity contribution in [2.45, 2.75) is 12.8 Å². The number of halogens is 2. The van der Waals surface area contributed by atoms with Gasteiger partial charge in [0, 0.05) is 22.5 Å². The molecule has 6 rings (SSSR count). The molecule has 154 valence electrons. The van der Waals surface area contributed by atoms with E-state index in [9.17, 15) is 10.1 Å². The van der Waals surface area contributed by atoms with Gasteiger partial charge in [-0.05, 0) is 67.7 Å². The van der Waals surface area contributed by atoms with Crippen LogP contribution in [0, 0.1) is 23.2 Å². The molecule has 2 aromatic carbocycles. The van der Waals surface area contributed by atoms with E-state index in [0.29, 0.717) is 22.3 Å². The van der Waals surface area contributed by atoms with Crippen molar-refractivity contribution in [3.05, 3.63) is 47.0 Å². The number of nitriles is 1. The lowest BCUT2D eigenvalue weighted by Gasteiger charge is -2.43. The van der Waals surface area contributed by atoms with Crippen molar-refractivity contribution in [3.63, 3.8) is 0 Å². The highest BCUT2D eigenvalue weighted by Gasteiger charge is 2.38. The molecule has 6 nitrogen and oxygen atoms in total. The Balaban J connectivity index is 0.00000218. The first-order valence-corrected chi connectivity index (χ1v) is 10.2. The second kappa shape index (κ2) is 8.27. The number of aromatic amines is 1. The van der Waals surface area contributed by atoms with Crippen molar-refractivity contribution in [1.82, 2.24) is 15.1 Å². The maximum Gasteiger partial charge on any atom is 0.230 e. The molecule has 4 heterocycles. The van der Waals surface area contributed by atoms with Crippen molar-refractivity contribution in [3.8, 4) is 17.2 Å². The highest BCUT2D eigenvalue weighted by Crippen LogP contribution is 2.35. The van der Waals surface area contributed by atoms with E-state index in [1.807, 2.05) is 18.2 Å². The van der Waals surface area contributed by atoms with E-state index in [1.165, 1.54) is 0 Å². The Kier molecular flexibility index (Phi) is 5.70. The fourth-order valence-corrected chi connectivity index (χ4v) is 4.79. The summed E-state index contributed by atoms with van der Waals surface area (Å²) in [5.41, 5.74) is 3.04. The zero-order valence-electron chi connectivity index (χ0n) is 16.2. The van der Waals surface area contributed by atoms with E-state index in [4.69, 9.17) is 11.6 Å². The molecule has 1 amide bonds. The predicted molar refractivity (Wildman–Crippen MR) is 120 cm³/mol. The molecular formula is C22H21Cl2N5O. The quantitative estimate of drug-likeness (QED) is 0.628. The fourth-order valence-electron chi connectivity index (χ4n) is 4.56. The third kappa shape index (κ3) is 3.65. The maximum absolute atomic E-state index is 12.9. The second-order valence-electron chi connectivity index (χ2n) is 7.87. The smallest absolute Gasteiger partial charge is 0.230 e. The van der Waals surface area contributed by atoms with Crippen LogP contribution in [0.2, 0.25) is 5.02 Å². The number of carbonyl (C=O) groups is 1. The molecule has 0 radical (unpaired) electrons. The maximum atomic E-state index is 12.9. The summed E-state index contributed by atoms with van der Waals surface area (Å²) in [6, 6.07) is 13.1. The van der Waals surface area contributed by atoms with Gasteiger partial charge < -0.3 is 10.2 Å². The standard InChI is InChI=1S/C22H20ClN5O.ClH/c23-19-3-1-13(11-24)9-16(19)15-2-4-20-17(10-15)21(27-26-20)25-22(29)18-12-28-7-5-14(18)6-8-28;/h1-4,9-10,14,18H,5-8,12H2,(H2,25,26,27,29);1H. The molecule has 1 aromatic heterocycles. The van der Waals surface area contributed by atoms with Crippen LogP contribution < -0.4 is 5.32 Å². The van der Waals surface area contributed by atoms with Crippen LogP contribution in [0.15, 0.2) is 36.4 Å². The number of anilines is 1. The van der Waals surface area contributed by atoms with Crippen molar-refractivity contribution in [2.24, 2.45) is 11.8 Å². The molecule has 1 atom stereocenters. The monoisotopic (exact) mass is 441 g/mol. The Labute approximate surface area is 185 Å². The first-order chi connectivity index (χ1) is 14.1. The molecule has 0 spiro atoms. The van der Waals surface area contributed by atoms with Crippen LogP contribution in [0.3, 0.4) is 0 Å². The zero-order valence-corrected chi connectivity index (χ0v) is 17.8.